The fourth-order valence-electron chi connectivity index (χ4n) is 2.89. The Morgan fingerprint density at radius 1 is 1.07 bits per heavy atom. The van der Waals surface area contributed by atoms with Crippen LogP contribution in [-0.2, 0) is 18.0 Å². The second-order valence-corrected chi connectivity index (χ2v) is 6.92. The van der Waals surface area contributed by atoms with Gasteiger partial charge in [-0.05, 0) is 42.5 Å². The summed E-state index contributed by atoms with van der Waals surface area (Å²) in [5, 5.41) is 4.85. The van der Waals surface area contributed by atoms with E-state index in [4.69, 9.17) is 10.6 Å². The van der Waals surface area contributed by atoms with Crippen LogP contribution in [0.15, 0.2) is 59.8 Å². The number of nitrogens with zero attached hydrogens (tertiary/aromatic N) is 3. The molecule has 0 aliphatic rings. The Labute approximate surface area is 164 Å². The van der Waals surface area contributed by atoms with Crippen LogP contribution in [0.4, 0.5) is 0 Å². The maximum absolute atomic E-state index is 12.6. The highest BCUT2D eigenvalue weighted by molar-refractivity contribution is 6.06. The summed E-state index contributed by atoms with van der Waals surface area (Å²) >= 11 is 0. The molecule has 1 aromatic heterocycles. The van der Waals surface area contributed by atoms with Crippen molar-refractivity contribution in [3.63, 3.8) is 0 Å². The molecule has 0 atom stereocenters. The molecule has 146 valence electrons. The fraction of sp³-hybridized carbons (Fsp3) is 0.238. The third kappa shape index (κ3) is 4.69. The molecule has 0 saturated carbocycles. The molecule has 0 aliphatic heterocycles. The van der Waals surface area contributed by atoms with Crippen LogP contribution >= 0.6 is 0 Å². The van der Waals surface area contributed by atoms with Crippen molar-refractivity contribution in [1.29, 1.82) is 0 Å². The number of nitrogens with two attached hydrogens (primary N) is 1. The topological polar surface area (TPSA) is 86.9 Å². The lowest BCUT2D eigenvalue weighted by molar-refractivity contribution is 0.0845. The van der Waals surface area contributed by atoms with E-state index < -0.39 is 0 Å². The van der Waals surface area contributed by atoms with Crippen molar-refractivity contribution in [2.45, 2.75) is 13.2 Å². The van der Waals surface area contributed by atoms with E-state index in [0.29, 0.717) is 5.69 Å². The molecular formula is C21H25N5O2. The van der Waals surface area contributed by atoms with E-state index in [1.807, 2.05) is 50.5 Å². The molecule has 0 radical (unpaired) electrons. The van der Waals surface area contributed by atoms with E-state index in [-0.39, 0.29) is 18.5 Å². The summed E-state index contributed by atoms with van der Waals surface area (Å²) in [6, 6.07) is 17.5. The van der Waals surface area contributed by atoms with E-state index in [2.05, 4.69) is 27.2 Å². The van der Waals surface area contributed by atoms with Gasteiger partial charge in [-0.1, -0.05) is 42.5 Å². The number of rotatable bonds is 6. The Morgan fingerprint density at radius 2 is 1.82 bits per heavy atom. The number of carbonyl (C=O) groups excluding carboxylic acids is 1. The first kappa shape index (κ1) is 19.4. The Morgan fingerprint density at radius 3 is 2.57 bits per heavy atom. The molecule has 2 aromatic carbocycles. The average molecular weight is 379 g/mol. The van der Waals surface area contributed by atoms with Gasteiger partial charge in [0.2, 0.25) is 5.96 Å². The molecule has 0 saturated heterocycles. The maximum Gasteiger partial charge on any atom is 0.276 e. The van der Waals surface area contributed by atoms with Crippen molar-refractivity contribution < 1.29 is 9.63 Å². The van der Waals surface area contributed by atoms with Crippen molar-refractivity contribution in [2.75, 3.05) is 21.1 Å². The first-order valence-electron chi connectivity index (χ1n) is 8.98. The van der Waals surface area contributed by atoms with E-state index in [1.54, 1.807) is 13.1 Å². The number of carbonyl (C=O) groups is 1. The Balaban J connectivity index is 1.62. The highest BCUT2D eigenvalue weighted by atomic mass is 16.6. The van der Waals surface area contributed by atoms with E-state index >= 15 is 0 Å². The first-order valence-corrected chi connectivity index (χ1v) is 8.98. The number of oxime groups is 1. The Kier molecular flexibility index (Phi) is 5.96. The zero-order valence-corrected chi connectivity index (χ0v) is 16.3. The molecule has 7 nitrogen and oxygen atoms in total. The molecule has 0 fully saturated rings. The van der Waals surface area contributed by atoms with Crippen LogP contribution in [0.2, 0.25) is 0 Å². The number of fused-ring (bicyclic) bond motifs is 1. The largest absolute Gasteiger partial charge is 0.388 e. The van der Waals surface area contributed by atoms with Crippen LogP contribution in [0, 0.1) is 0 Å². The minimum atomic E-state index is -0.283. The lowest BCUT2D eigenvalue weighted by Crippen LogP contribution is -2.39. The van der Waals surface area contributed by atoms with Gasteiger partial charge in [-0.2, -0.15) is 0 Å². The smallest absolute Gasteiger partial charge is 0.276 e. The number of aromatic amines is 1. The molecular weight excluding hydrogens is 354 g/mol. The van der Waals surface area contributed by atoms with Gasteiger partial charge in [0.05, 0.1) is 0 Å². The first-order chi connectivity index (χ1) is 13.4. The zero-order valence-electron chi connectivity index (χ0n) is 16.3. The minimum absolute atomic E-state index is 0.00639. The lowest BCUT2D eigenvalue weighted by Gasteiger charge is -2.14. The Bertz CT molecular complexity index is 960. The van der Waals surface area contributed by atoms with Crippen LogP contribution in [0.5, 0.6) is 0 Å². The molecule has 3 aromatic rings. The lowest BCUT2D eigenvalue weighted by atomic mass is 10.1. The molecule has 3 rings (SSSR count). The minimum Gasteiger partial charge on any atom is -0.388 e. The van der Waals surface area contributed by atoms with Gasteiger partial charge in [0.25, 0.3) is 5.91 Å². The summed E-state index contributed by atoms with van der Waals surface area (Å²) in [7, 11) is 5.61. The molecule has 3 N–H and O–H groups in total. The summed E-state index contributed by atoms with van der Waals surface area (Å²) in [6.07, 6.45) is 0. The predicted molar refractivity (Wildman–Crippen MR) is 111 cm³/mol. The molecule has 7 heteroatoms. The van der Waals surface area contributed by atoms with Gasteiger partial charge < -0.3 is 20.5 Å². The Hall–Kier alpha value is -3.32. The number of amides is 1. The highest BCUT2D eigenvalue weighted by Gasteiger charge is 2.17. The quantitative estimate of drug-likeness (QED) is 0.392. The number of aromatic nitrogens is 1. The predicted octanol–water partition coefficient (Wildman–Crippen LogP) is 2.75. The van der Waals surface area contributed by atoms with Crippen molar-refractivity contribution >= 4 is 22.8 Å². The van der Waals surface area contributed by atoms with Gasteiger partial charge in [-0.25, -0.2) is 0 Å². The second kappa shape index (κ2) is 8.58. The molecule has 0 bridgehead atoms. The summed E-state index contributed by atoms with van der Waals surface area (Å²) in [5.74, 6) is -0.290. The average Bonchev–Trinajstić information content (AvgIpc) is 3.10. The van der Waals surface area contributed by atoms with Gasteiger partial charge in [0.1, 0.15) is 12.3 Å². The summed E-state index contributed by atoms with van der Waals surface area (Å²) in [6.45, 7) is 1.12. The SMILES string of the molecule is CN(C)Cc1cccc(CON=C(N)N(C)C(=O)c2cc3ccccc3[nH]2)c1. The summed E-state index contributed by atoms with van der Waals surface area (Å²) in [5.41, 5.74) is 9.43. The normalized spacial score (nSPS) is 11.8. The van der Waals surface area contributed by atoms with Gasteiger partial charge >= 0.3 is 0 Å². The van der Waals surface area contributed by atoms with Gasteiger partial charge in [-0.15, -0.1) is 0 Å². The van der Waals surface area contributed by atoms with Crippen LogP contribution in [0.3, 0.4) is 0 Å². The third-order valence-corrected chi connectivity index (χ3v) is 4.29. The maximum atomic E-state index is 12.6. The number of benzene rings is 2. The van der Waals surface area contributed by atoms with Gasteiger partial charge in [0.15, 0.2) is 0 Å². The second-order valence-electron chi connectivity index (χ2n) is 6.92. The highest BCUT2D eigenvalue weighted by Crippen LogP contribution is 2.15. The summed E-state index contributed by atoms with van der Waals surface area (Å²) in [4.78, 5) is 24.4. The van der Waals surface area contributed by atoms with E-state index in [0.717, 1.165) is 23.0 Å². The van der Waals surface area contributed by atoms with Crippen LogP contribution in [-0.4, -0.2) is 47.8 Å². The van der Waals surface area contributed by atoms with Gasteiger partial charge in [0, 0.05) is 24.5 Å². The standard InChI is InChI=1S/C21H25N5O2/c1-25(2)13-15-7-6-8-16(11-15)14-28-24-21(22)26(3)20(27)19-12-17-9-4-5-10-18(17)23-19/h4-12,23H,13-14H2,1-3H3,(H2,22,24). The van der Waals surface area contributed by atoms with Crippen molar-refractivity contribution in [3.8, 4) is 0 Å². The van der Waals surface area contributed by atoms with E-state index in [9.17, 15) is 4.79 Å². The number of hydrogen-bond acceptors (Lipinski definition) is 4. The fourth-order valence-corrected chi connectivity index (χ4v) is 2.89. The summed E-state index contributed by atoms with van der Waals surface area (Å²) < 4.78 is 0. The van der Waals surface area contributed by atoms with Gasteiger partial charge in [-0.3, -0.25) is 9.69 Å². The number of para-hydroxylation sites is 1. The molecule has 0 unspecified atom stereocenters. The monoisotopic (exact) mass is 379 g/mol. The van der Waals surface area contributed by atoms with Crippen molar-refractivity contribution in [3.05, 3.63) is 71.4 Å². The zero-order chi connectivity index (χ0) is 20.1. The molecule has 28 heavy (non-hydrogen) atoms. The van der Waals surface area contributed by atoms with Crippen molar-refractivity contribution in [2.24, 2.45) is 10.9 Å². The number of H-pyrrole nitrogens is 1. The molecule has 0 spiro atoms. The number of hydrogen-bond donors (Lipinski definition) is 2. The number of guanidine groups is 1. The van der Waals surface area contributed by atoms with Crippen molar-refractivity contribution in [1.82, 2.24) is 14.8 Å². The molecule has 1 amide bonds. The van der Waals surface area contributed by atoms with Crippen LogP contribution in [0.1, 0.15) is 21.6 Å². The molecule has 1 heterocycles. The van der Waals surface area contributed by atoms with E-state index in [1.165, 1.54) is 10.5 Å². The van der Waals surface area contributed by atoms with Crippen LogP contribution < -0.4 is 5.73 Å². The van der Waals surface area contributed by atoms with Crippen LogP contribution in [0.25, 0.3) is 10.9 Å². The number of nitrogens with one attached hydrogen (secondary N) is 1. The molecule has 0 aliphatic carbocycles. The third-order valence-electron chi connectivity index (χ3n) is 4.29.